The molecule has 1 aromatic carbocycles. The molecule has 70 valence electrons. The van der Waals surface area contributed by atoms with E-state index < -0.39 is 5.67 Å². The Morgan fingerprint density at radius 2 is 2.23 bits per heavy atom. The van der Waals surface area contributed by atoms with Gasteiger partial charge in [0, 0.05) is 0 Å². The van der Waals surface area contributed by atoms with Gasteiger partial charge in [-0.05, 0) is 43.0 Å². The lowest BCUT2D eigenvalue weighted by Gasteiger charge is -2.14. The molecule has 0 heterocycles. The van der Waals surface area contributed by atoms with Gasteiger partial charge in [-0.25, -0.2) is 4.39 Å². The van der Waals surface area contributed by atoms with Crippen LogP contribution in [0.15, 0.2) is 18.2 Å². The van der Waals surface area contributed by atoms with Crippen LogP contribution in [-0.2, 0) is 12.1 Å². The molecule has 2 rings (SSSR count). The second-order valence-electron chi connectivity index (χ2n) is 3.72. The van der Waals surface area contributed by atoms with Gasteiger partial charge in [-0.1, -0.05) is 6.07 Å². The molecule has 0 fully saturated rings. The van der Waals surface area contributed by atoms with E-state index in [1.54, 1.807) is 14.0 Å². The molecule has 1 aromatic rings. The van der Waals surface area contributed by atoms with Crippen molar-refractivity contribution in [3.05, 3.63) is 29.3 Å². The molecule has 1 aliphatic rings. The molecule has 0 amide bonds. The van der Waals surface area contributed by atoms with Gasteiger partial charge in [-0.2, -0.15) is 0 Å². The molecule has 0 radical (unpaired) electrons. The normalized spacial score (nSPS) is 25.8. The van der Waals surface area contributed by atoms with Crippen molar-refractivity contribution in [2.45, 2.75) is 25.4 Å². The summed E-state index contributed by atoms with van der Waals surface area (Å²) in [4.78, 5) is 0. The van der Waals surface area contributed by atoms with Gasteiger partial charge in [0.2, 0.25) is 0 Å². The van der Waals surface area contributed by atoms with Crippen molar-refractivity contribution in [1.29, 1.82) is 0 Å². The predicted molar refractivity (Wildman–Crippen MR) is 49.8 cm³/mol. The van der Waals surface area contributed by atoms with Crippen molar-refractivity contribution in [3.8, 4) is 5.75 Å². The Bertz CT molecular complexity index is 331. The van der Waals surface area contributed by atoms with Crippen LogP contribution in [0.4, 0.5) is 4.39 Å². The maximum absolute atomic E-state index is 13.9. The van der Waals surface area contributed by atoms with Gasteiger partial charge < -0.3 is 4.74 Å². The Morgan fingerprint density at radius 3 is 2.92 bits per heavy atom. The molecule has 0 aliphatic heterocycles. The second kappa shape index (κ2) is 2.72. The number of methoxy groups -OCH3 is 1. The van der Waals surface area contributed by atoms with Crippen LogP contribution in [0, 0.1) is 0 Å². The minimum atomic E-state index is -1.16. The molecule has 1 nitrogen and oxygen atoms in total. The van der Waals surface area contributed by atoms with Crippen molar-refractivity contribution in [1.82, 2.24) is 0 Å². The molecule has 13 heavy (non-hydrogen) atoms. The standard InChI is InChI=1S/C11H13FO/c1-11(12)6-5-8-3-4-9(13-2)7-10(8)11/h3-4,7H,5-6H2,1-2H3. The van der Waals surface area contributed by atoms with Crippen molar-refractivity contribution in [3.63, 3.8) is 0 Å². The third-order valence-electron chi connectivity index (χ3n) is 2.74. The first-order valence-electron chi connectivity index (χ1n) is 4.50. The molecule has 1 aliphatic carbocycles. The second-order valence-corrected chi connectivity index (χ2v) is 3.72. The minimum Gasteiger partial charge on any atom is -0.497 e. The Morgan fingerprint density at radius 1 is 1.46 bits per heavy atom. The third-order valence-corrected chi connectivity index (χ3v) is 2.74. The number of alkyl halides is 1. The van der Waals surface area contributed by atoms with E-state index in [0.29, 0.717) is 6.42 Å². The van der Waals surface area contributed by atoms with Gasteiger partial charge in [0.25, 0.3) is 0 Å². The number of ether oxygens (including phenoxy) is 1. The monoisotopic (exact) mass is 180 g/mol. The van der Waals surface area contributed by atoms with Crippen LogP contribution in [0.2, 0.25) is 0 Å². The summed E-state index contributed by atoms with van der Waals surface area (Å²) in [6.45, 7) is 1.64. The highest BCUT2D eigenvalue weighted by molar-refractivity contribution is 5.42. The van der Waals surface area contributed by atoms with Crippen LogP contribution >= 0.6 is 0 Å². The zero-order valence-corrected chi connectivity index (χ0v) is 7.93. The Labute approximate surface area is 77.5 Å². The molecule has 0 saturated carbocycles. The summed E-state index contributed by atoms with van der Waals surface area (Å²) in [5.41, 5.74) is 0.752. The van der Waals surface area contributed by atoms with E-state index >= 15 is 0 Å². The molecule has 0 saturated heterocycles. The molecular formula is C11H13FO. The van der Waals surface area contributed by atoms with Gasteiger partial charge in [-0.3, -0.25) is 0 Å². The molecular weight excluding hydrogens is 167 g/mol. The minimum absolute atomic E-state index is 0.593. The van der Waals surface area contributed by atoms with E-state index in [1.165, 1.54) is 0 Å². The predicted octanol–water partition coefficient (Wildman–Crippen LogP) is 2.83. The SMILES string of the molecule is COc1ccc2c(c1)C(C)(F)CC2. The average molecular weight is 180 g/mol. The topological polar surface area (TPSA) is 9.23 Å². The van der Waals surface area contributed by atoms with Crippen LogP contribution in [0.25, 0.3) is 0 Å². The lowest BCUT2D eigenvalue weighted by Crippen LogP contribution is -2.09. The lowest BCUT2D eigenvalue weighted by molar-refractivity contribution is 0.193. The van der Waals surface area contributed by atoms with Crippen LogP contribution in [0.3, 0.4) is 0 Å². The van der Waals surface area contributed by atoms with E-state index in [0.717, 1.165) is 23.3 Å². The highest BCUT2D eigenvalue weighted by Gasteiger charge is 2.34. The highest BCUT2D eigenvalue weighted by Crippen LogP contribution is 2.41. The molecule has 0 spiro atoms. The van der Waals surface area contributed by atoms with Gasteiger partial charge in [0.1, 0.15) is 11.4 Å². The van der Waals surface area contributed by atoms with Crippen LogP contribution in [-0.4, -0.2) is 7.11 Å². The fourth-order valence-electron chi connectivity index (χ4n) is 1.89. The molecule has 2 heteroatoms. The Kier molecular flexibility index (Phi) is 1.79. The summed E-state index contributed by atoms with van der Waals surface area (Å²) in [6.07, 6.45) is 1.43. The Hall–Kier alpha value is -1.05. The molecule has 0 aromatic heterocycles. The average Bonchev–Trinajstić information content (AvgIpc) is 2.42. The molecule has 0 bridgehead atoms. The first-order chi connectivity index (χ1) is 6.13. The van der Waals surface area contributed by atoms with Crippen molar-refractivity contribution < 1.29 is 9.13 Å². The summed E-state index contributed by atoms with van der Waals surface area (Å²) < 4.78 is 18.9. The van der Waals surface area contributed by atoms with Gasteiger partial charge in [-0.15, -0.1) is 0 Å². The lowest BCUT2D eigenvalue weighted by atomic mass is 10.0. The summed E-state index contributed by atoms with van der Waals surface area (Å²) in [5, 5.41) is 0. The van der Waals surface area contributed by atoms with Gasteiger partial charge >= 0.3 is 0 Å². The van der Waals surface area contributed by atoms with Gasteiger partial charge in [0.05, 0.1) is 7.11 Å². The highest BCUT2D eigenvalue weighted by atomic mass is 19.1. The fourth-order valence-corrected chi connectivity index (χ4v) is 1.89. The maximum atomic E-state index is 13.9. The maximum Gasteiger partial charge on any atom is 0.133 e. The van der Waals surface area contributed by atoms with Crippen molar-refractivity contribution >= 4 is 0 Å². The van der Waals surface area contributed by atoms with Crippen molar-refractivity contribution in [2.24, 2.45) is 0 Å². The van der Waals surface area contributed by atoms with Crippen LogP contribution in [0.5, 0.6) is 5.75 Å². The number of aryl methyl sites for hydroxylation is 1. The summed E-state index contributed by atoms with van der Waals surface area (Å²) in [5.74, 6) is 0.740. The fraction of sp³-hybridized carbons (Fsp3) is 0.455. The van der Waals surface area contributed by atoms with Gasteiger partial charge in [0.15, 0.2) is 0 Å². The van der Waals surface area contributed by atoms with Crippen LogP contribution in [0.1, 0.15) is 24.5 Å². The van der Waals surface area contributed by atoms with E-state index in [-0.39, 0.29) is 0 Å². The first-order valence-corrected chi connectivity index (χ1v) is 4.50. The quantitative estimate of drug-likeness (QED) is 0.645. The largest absolute Gasteiger partial charge is 0.497 e. The molecule has 1 atom stereocenters. The number of hydrogen-bond acceptors (Lipinski definition) is 1. The third kappa shape index (κ3) is 1.30. The van der Waals surface area contributed by atoms with E-state index in [4.69, 9.17) is 4.74 Å². The molecule has 0 N–H and O–H groups in total. The number of rotatable bonds is 1. The number of halogens is 1. The summed E-state index contributed by atoms with van der Waals surface area (Å²) >= 11 is 0. The van der Waals surface area contributed by atoms with E-state index in [2.05, 4.69) is 0 Å². The number of hydrogen-bond donors (Lipinski definition) is 0. The Balaban J connectivity index is 2.50. The zero-order chi connectivity index (χ0) is 9.47. The van der Waals surface area contributed by atoms with Crippen molar-refractivity contribution in [2.75, 3.05) is 7.11 Å². The first kappa shape index (κ1) is 8.54. The summed E-state index contributed by atoms with van der Waals surface area (Å²) in [7, 11) is 1.60. The molecule has 1 unspecified atom stereocenters. The zero-order valence-electron chi connectivity index (χ0n) is 7.93. The number of fused-ring (bicyclic) bond motifs is 1. The van der Waals surface area contributed by atoms with Crippen LogP contribution < -0.4 is 4.74 Å². The van der Waals surface area contributed by atoms with E-state index in [1.807, 2.05) is 18.2 Å². The smallest absolute Gasteiger partial charge is 0.133 e. The van der Waals surface area contributed by atoms with E-state index in [9.17, 15) is 4.39 Å². The summed E-state index contributed by atoms with van der Waals surface area (Å²) in [6, 6.07) is 5.65. The number of benzene rings is 1.